The predicted molar refractivity (Wildman–Crippen MR) is 122 cm³/mol. The van der Waals surface area contributed by atoms with Gasteiger partial charge in [0.15, 0.2) is 5.54 Å². The average molecular weight is 523 g/mol. The molecule has 0 radical (unpaired) electrons. The van der Waals surface area contributed by atoms with E-state index in [9.17, 15) is 31.5 Å². The zero-order valence-corrected chi connectivity index (χ0v) is 18.8. The van der Waals surface area contributed by atoms with Crippen LogP contribution in [0.2, 0.25) is 5.02 Å². The van der Waals surface area contributed by atoms with Crippen LogP contribution in [0, 0.1) is 11.6 Å². The highest BCUT2D eigenvalue weighted by Gasteiger charge is 2.59. The Bertz CT molecular complexity index is 1430. The smallest absolute Gasteiger partial charge is 0.341 e. The van der Waals surface area contributed by atoms with Crippen molar-refractivity contribution in [2.24, 2.45) is 5.73 Å². The van der Waals surface area contributed by atoms with Gasteiger partial charge in [0.25, 0.3) is 5.91 Å². The molecule has 0 saturated heterocycles. The van der Waals surface area contributed by atoms with Crippen LogP contribution in [0.3, 0.4) is 0 Å². The van der Waals surface area contributed by atoms with E-state index in [1.165, 1.54) is 24.3 Å². The van der Waals surface area contributed by atoms with Crippen LogP contribution >= 0.6 is 11.6 Å². The fraction of sp³-hybridized carbons (Fsp3) is 0.167. The van der Waals surface area contributed by atoms with Gasteiger partial charge >= 0.3 is 12.2 Å². The Kier molecular flexibility index (Phi) is 5.45. The number of anilines is 2. The number of halogens is 6. The SMILES string of the molecule is N[C@]1(C(F)(F)F)CN(C(=O)Nc2cccc3c2[C@@H](c2cc(F)ccc2Cl)NC3=O)c2ccc(F)cc21. The number of carbonyl (C=O) groups is 2. The van der Waals surface area contributed by atoms with E-state index >= 15 is 0 Å². The lowest BCUT2D eigenvalue weighted by molar-refractivity contribution is -0.184. The first-order chi connectivity index (χ1) is 16.9. The second-order valence-electron chi connectivity index (χ2n) is 8.49. The number of hydrogen-bond donors (Lipinski definition) is 3. The molecule has 0 unspecified atom stereocenters. The van der Waals surface area contributed by atoms with Crippen molar-refractivity contribution in [1.82, 2.24) is 5.32 Å². The van der Waals surface area contributed by atoms with Crippen LogP contribution < -0.4 is 21.3 Å². The van der Waals surface area contributed by atoms with Gasteiger partial charge < -0.3 is 16.4 Å². The second-order valence-corrected chi connectivity index (χ2v) is 8.89. The van der Waals surface area contributed by atoms with Crippen LogP contribution in [0.4, 0.5) is 38.1 Å². The highest BCUT2D eigenvalue weighted by molar-refractivity contribution is 6.31. The maximum Gasteiger partial charge on any atom is 0.412 e. The zero-order valence-electron chi connectivity index (χ0n) is 18.1. The number of hydrogen-bond acceptors (Lipinski definition) is 3. The first-order valence-electron chi connectivity index (χ1n) is 10.5. The average Bonchev–Trinajstić information content (AvgIpc) is 3.31. The summed E-state index contributed by atoms with van der Waals surface area (Å²) in [6.07, 6.45) is -4.98. The molecule has 2 atom stereocenters. The van der Waals surface area contributed by atoms with Gasteiger partial charge in [-0.05, 0) is 48.5 Å². The largest absolute Gasteiger partial charge is 0.412 e. The number of rotatable bonds is 2. The number of urea groups is 1. The molecule has 3 aromatic carbocycles. The Balaban J connectivity index is 1.54. The molecule has 0 aliphatic carbocycles. The Morgan fingerprint density at radius 2 is 1.81 bits per heavy atom. The molecule has 0 aromatic heterocycles. The van der Waals surface area contributed by atoms with Crippen LogP contribution in [-0.2, 0) is 5.54 Å². The third kappa shape index (κ3) is 3.66. The van der Waals surface area contributed by atoms with E-state index in [2.05, 4.69) is 10.6 Å². The normalized spacial score (nSPS) is 20.7. The van der Waals surface area contributed by atoms with E-state index in [1.807, 2.05) is 0 Å². The van der Waals surface area contributed by atoms with Crippen molar-refractivity contribution in [2.75, 3.05) is 16.8 Å². The lowest BCUT2D eigenvalue weighted by Gasteiger charge is -2.28. The van der Waals surface area contributed by atoms with Crippen LogP contribution in [0.1, 0.15) is 33.1 Å². The second kappa shape index (κ2) is 8.17. The minimum atomic E-state index is -4.98. The maximum atomic E-state index is 13.9. The molecule has 2 aliphatic rings. The molecule has 0 fully saturated rings. The monoisotopic (exact) mass is 522 g/mol. The van der Waals surface area contributed by atoms with Crippen LogP contribution in [0.5, 0.6) is 0 Å². The molecule has 12 heteroatoms. The molecular formula is C24H16ClF5N4O2. The van der Waals surface area contributed by atoms with Crippen molar-refractivity contribution in [3.8, 4) is 0 Å². The molecule has 0 bridgehead atoms. The quantitative estimate of drug-likeness (QED) is 0.403. The van der Waals surface area contributed by atoms with Gasteiger partial charge in [-0.15, -0.1) is 0 Å². The van der Waals surface area contributed by atoms with Gasteiger partial charge in [0.1, 0.15) is 11.6 Å². The van der Waals surface area contributed by atoms with Crippen molar-refractivity contribution >= 4 is 34.9 Å². The molecule has 0 spiro atoms. The van der Waals surface area contributed by atoms with Gasteiger partial charge in [0.05, 0.1) is 18.3 Å². The zero-order chi connectivity index (χ0) is 26.0. The van der Waals surface area contributed by atoms with Crippen molar-refractivity contribution in [1.29, 1.82) is 0 Å². The molecule has 2 heterocycles. The van der Waals surface area contributed by atoms with E-state index in [0.29, 0.717) is 6.07 Å². The van der Waals surface area contributed by atoms with Crippen LogP contribution in [-0.4, -0.2) is 24.7 Å². The van der Waals surface area contributed by atoms with Crippen molar-refractivity contribution < 1.29 is 31.5 Å². The fourth-order valence-corrected chi connectivity index (χ4v) is 4.79. The minimum absolute atomic E-state index is 0.0892. The fourth-order valence-electron chi connectivity index (χ4n) is 4.56. The number of nitrogens with two attached hydrogens (primary N) is 1. The third-order valence-electron chi connectivity index (χ3n) is 6.31. The lowest BCUT2D eigenvalue weighted by atomic mass is 9.92. The summed E-state index contributed by atoms with van der Waals surface area (Å²) in [5.41, 5.74) is 2.63. The number of benzene rings is 3. The first kappa shape index (κ1) is 24.0. The Labute approximate surface area is 205 Å². The van der Waals surface area contributed by atoms with Gasteiger partial charge in [-0.1, -0.05) is 17.7 Å². The summed E-state index contributed by atoms with van der Waals surface area (Å²) >= 11 is 6.23. The van der Waals surface area contributed by atoms with Crippen molar-refractivity contribution in [3.05, 3.63) is 93.5 Å². The molecule has 0 saturated carbocycles. The summed E-state index contributed by atoms with van der Waals surface area (Å²) in [6, 6.07) is 8.69. The van der Waals surface area contributed by atoms with Crippen LogP contribution in [0.25, 0.3) is 0 Å². The molecule has 186 valence electrons. The summed E-state index contributed by atoms with van der Waals surface area (Å²) in [5.74, 6) is -2.05. The summed E-state index contributed by atoms with van der Waals surface area (Å²) in [6.45, 7) is -0.994. The van der Waals surface area contributed by atoms with E-state index < -0.39 is 53.4 Å². The molecule has 3 aromatic rings. The molecule has 5 rings (SSSR count). The van der Waals surface area contributed by atoms with E-state index in [-0.39, 0.29) is 33.1 Å². The van der Waals surface area contributed by atoms with Crippen molar-refractivity contribution in [2.45, 2.75) is 17.8 Å². The number of fused-ring (bicyclic) bond motifs is 2. The maximum absolute atomic E-state index is 13.9. The highest BCUT2D eigenvalue weighted by Crippen LogP contribution is 2.47. The van der Waals surface area contributed by atoms with Gasteiger partial charge in [-0.2, -0.15) is 13.2 Å². The van der Waals surface area contributed by atoms with Crippen LogP contribution in [0.15, 0.2) is 54.6 Å². The molecule has 2 aliphatic heterocycles. The number of nitrogens with one attached hydrogen (secondary N) is 2. The topological polar surface area (TPSA) is 87.5 Å². The van der Waals surface area contributed by atoms with Gasteiger partial charge in [-0.3, -0.25) is 9.69 Å². The lowest BCUT2D eigenvalue weighted by Crippen LogP contribution is -2.54. The molecular weight excluding hydrogens is 507 g/mol. The highest BCUT2D eigenvalue weighted by atomic mass is 35.5. The Morgan fingerprint density at radius 3 is 2.53 bits per heavy atom. The molecule has 6 nitrogen and oxygen atoms in total. The van der Waals surface area contributed by atoms with Gasteiger partial charge in [-0.25, -0.2) is 13.6 Å². The Morgan fingerprint density at radius 1 is 1.11 bits per heavy atom. The molecule has 3 amide bonds. The predicted octanol–water partition coefficient (Wildman–Crippen LogP) is 5.22. The van der Waals surface area contributed by atoms with Crippen molar-refractivity contribution in [3.63, 3.8) is 0 Å². The Hall–Kier alpha value is -3.70. The number of carbonyl (C=O) groups excluding carboxylic acids is 2. The minimum Gasteiger partial charge on any atom is -0.341 e. The van der Waals surface area contributed by atoms with E-state index in [4.69, 9.17) is 17.3 Å². The summed E-state index contributed by atoms with van der Waals surface area (Å²) in [4.78, 5) is 26.6. The summed E-state index contributed by atoms with van der Waals surface area (Å²) in [7, 11) is 0. The number of alkyl halides is 3. The van der Waals surface area contributed by atoms with E-state index in [1.54, 1.807) is 0 Å². The third-order valence-corrected chi connectivity index (χ3v) is 6.66. The first-order valence-corrected chi connectivity index (χ1v) is 10.9. The summed E-state index contributed by atoms with van der Waals surface area (Å²) < 4.78 is 69.3. The van der Waals surface area contributed by atoms with E-state index in [0.717, 1.165) is 29.2 Å². The number of amides is 3. The molecule has 4 N–H and O–H groups in total. The van der Waals surface area contributed by atoms with Gasteiger partial charge in [0, 0.05) is 33.0 Å². The standard InChI is InChI=1S/C24H16ClF5N4O2/c25-16-6-4-11(26)8-14(16)20-19-13(21(35)33-20)2-1-3-17(19)32-22(36)34-10-23(31,24(28,29)30)15-9-12(27)5-7-18(15)34/h1-9,20H,10,31H2,(H,32,36)(H,33,35)/t20-,23-/m1/s1. The van der Waals surface area contributed by atoms with Gasteiger partial charge in [0.2, 0.25) is 0 Å². The molecule has 36 heavy (non-hydrogen) atoms. The summed E-state index contributed by atoms with van der Waals surface area (Å²) in [5, 5.41) is 5.36. The number of nitrogens with zero attached hydrogens (tertiary/aromatic N) is 1.